The fourth-order valence-corrected chi connectivity index (χ4v) is 2.88. The third kappa shape index (κ3) is 3.32. The van der Waals surface area contributed by atoms with Crippen LogP contribution in [0.2, 0.25) is 0 Å². The molecule has 1 aliphatic heterocycles. The molecule has 1 aromatic carbocycles. The lowest BCUT2D eigenvalue weighted by atomic mass is 9.82. The molecule has 18 heavy (non-hydrogen) atoms. The zero-order valence-corrected chi connectivity index (χ0v) is 12.1. The molecule has 100 valence electrons. The Morgan fingerprint density at radius 1 is 1.33 bits per heavy atom. The highest BCUT2D eigenvalue weighted by Crippen LogP contribution is 2.33. The minimum Gasteiger partial charge on any atom is -0.396 e. The average molecular weight is 314 g/mol. The highest BCUT2D eigenvalue weighted by Gasteiger charge is 2.33. The van der Waals surface area contributed by atoms with E-state index in [1.807, 2.05) is 6.07 Å². The molecule has 0 saturated carbocycles. The lowest BCUT2D eigenvalue weighted by Crippen LogP contribution is -2.47. The van der Waals surface area contributed by atoms with Gasteiger partial charge >= 0.3 is 0 Å². The number of aliphatic hydroxyl groups excluding tert-OH is 1. The standard InChI is InChI=1S/C14H20BrNO2/c15-13-4-1-3-12(11-13)14(16-7-2-8-17)5-9-18-10-6-14/h1,3-4,11,16-17H,2,5-10H2. The molecule has 0 amide bonds. The number of nitrogens with one attached hydrogen (secondary N) is 1. The molecule has 0 aromatic heterocycles. The third-order valence-electron chi connectivity index (χ3n) is 3.52. The number of hydrogen-bond donors (Lipinski definition) is 2. The lowest BCUT2D eigenvalue weighted by Gasteiger charge is -2.39. The predicted molar refractivity (Wildman–Crippen MR) is 75.6 cm³/mol. The number of halogens is 1. The predicted octanol–water partition coefficient (Wildman–Crippen LogP) is 2.43. The Labute approximate surface area is 117 Å². The molecule has 2 N–H and O–H groups in total. The highest BCUT2D eigenvalue weighted by molar-refractivity contribution is 9.10. The normalized spacial score (nSPS) is 18.8. The van der Waals surface area contributed by atoms with E-state index in [4.69, 9.17) is 9.84 Å². The molecule has 1 saturated heterocycles. The maximum Gasteiger partial charge on any atom is 0.0486 e. The summed E-state index contributed by atoms with van der Waals surface area (Å²) in [5.74, 6) is 0. The molecule has 0 aliphatic carbocycles. The number of ether oxygens (including phenoxy) is 1. The molecule has 3 nitrogen and oxygen atoms in total. The number of aliphatic hydroxyl groups is 1. The summed E-state index contributed by atoms with van der Waals surface area (Å²) in [6.07, 6.45) is 2.75. The van der Waals surface area contributed by atoms with Crippen LogP contribution in [0.15, 0.2) is 28.7 Å². The second kappa shape index (κ2) is 6.66. The summed E-state index contributed by atoms with van der Waals surface area (Å²) in [5.41, 5.74) is 1.30. The van der Waals surface area contributed by atoms with E-state index in [2.05, 4.69) is 39.4 Å². The first-order valence-electron chi connectivity index (χ1n) is 6.46. The minimum absolute atomic E-state index is 0.00278. The molecule has 1 fully saturated rings. The molecule has 1 aromatic rings. The zero-order chi connectivity index (χ0) is 12.8. The molecule has 0 radical (unpaired) electrons. The van der Waals surface area contributed by atoms with Gasteiger partial charge in [-0.25, -0.2) is 0 Å². The number of hydrogen-bond acceptors (Lipinski definition) is 3. The van der Waals surface area contributed by atoms with Gasteiger partial charge in [-0.3, -0.25) is 0 Å². The topological polar surface area (TPSA) is 41.5 Å². The number of benzene rings is 1. The maximum absolute atomic E-state index is 8.92. The van der Waals surface area contributed by atoms with E-state index in [1.54, 1.807) is 0 Å². The van der Waals surface area contributed by atoms with E-state index in [-0.39, 0.29) is 12.1 Å². The Balaban J connectivity index is 2.17. The van der Waals surface area contributed by atoms with Crippen molar-refractivity contribution >= 4 is 15.9 Å². The summed E-state index contributed by atoms with van der Waals surface area (Å²) in [7, 11) is 0. The van der Waals surface area contributed by atoms with E-state index in [9.17, 15) is 0 Å². The number of rotatable bonds is 5. The van der Waals surface area contributed by atoms with E-state index < -0.39 is 0 Å². The Morgan fingerprint density at radius 2 is 2.11 bits per heavy atom. The van der Waals surface area contributed by atoms with Crippen molar-refractivity contribution in [2.75, 3.05) is 26.4 Å². The average Bonchev–Trinajstić information content (AvgIpc) is 2.40. The van der Waals surface area contributed by atoms with Crippen LogP contribution in [0.4, 0.5) is 0 Å². The van der Waals surface area contributed by atoms with Crippen LogP contribution >= 0.6 is 15.9 Å². The molecule has 1 aliphatic rings. The minimum atomic E-state index is -0.00278. The summed E-state index contributed by atoms with van der Waals surface area (Å²) in [4.78, 5) is 0. The largest absolute Gasteiger partial charge is 0.396 e. The third-order valence-corrected chi connectivity index (χ3v) is 4.02. The SMILES string of the molecule is OCCCNC1(c2cccc(Br)c2)CCOCC1. The zero-order valence-electron chi connectivity index (χ0n) is 10.5. The van der Waals surface area contributed by atoms with Crippen molar-refractivity contribution in [2.24, 2.45) is 0 Å². The molecule has 2 rings (SSSR count). The Hall–Kier alpha value is -0.420. The van der Waals surface area contributed by atoms with Crippen LogP contribution in [-0.2, 0) is 10.3 Å². The molecule has 4 heteroatoms. The van der Waals surface area contributed by atoms with Crippen molar-refractivity contribution < 1.29 is 9.84 Å². The van der Waals surface area contributed by atoms with Gasteiger partial charge in [-0.05, 0) is 43.5 Å². The molecule has 0 unspecified atom stereocenters. The van der Waals surface area contributed by atoms with Crippen molar-refractivity contribution in [3.05, 3.63) is 34.3 Å². The van der Waals surface area contributed by atoms with Gasteiger partial charge in [0.2, 0.25) is 0 Å². The van der Waals surface area contributed by atoms with Crippen LogP contribution in [0.5, 0.6) is 0 Å². The summed E-state index contributed by atoms with van der Waals surface area (Å²) in [6, 6.07) is 8.47. The van der Waals surface area contributed by atoms with Gasteiger partial charge in [0.15, 0.2) is 0 Å². The molecular weight excluding hydrogens is 294 g/mol. The first kappa shape index (κ1) is 14.0. The van der Waals surface area contributed by atoms with Crippen LogP contribution in [0.1, 0.15) is 24.8 Å². The monoisotopic (exact) mass is 313 g/mol. The highest BCUT2D eigenvalue weighted by atomic mass is 79.9. The first-order chi connectivity index (χ1) is 8.77. The van der Waals surface area contributed by atoms with Gasteiger partial charge in [0.1, 0.15) is 0 Å². The van der Waals surface area contributed by atoms with E-state index in [0.717, 1.165) is 43.5 Å². The van der Waals surface area contributed by atoms with Crippen molar-refractivity contribution in [3.63, 3.8) is 0 Å². The van der Waals surface area contributed by atoms with Crippen LogP contribution in [-0.4, -0.2) is 31.5 Å². The Bertz CT molecular complexity index is 378. The Morgan fingerprint density at radius 3 is 2.78 bits per heavy atom. The molecule has 0 bridgehead atoms. The van der Waals surface area contributed by atoms with Crippen molar-refractivity contribution in [1.29, 1.82) is 0 Å². The molecule has 1 heterocycles. The molecular formula is C14H20BrNO2. The second-order valence-corrected chi connectivity index (χ2v) is 5.62. The Kier molecular flexibility index (Phi) is 5.18. The first-order valence-corrected chi connectivity index (χ1v) is 7.26. The lowest BCUT2D eigenvalue weighted by molar-refractivity contribution is 0.0361. The van der Waals surface area contributed by atoms with Crippen molar-refractivity contribution in [1.82, 2.24) is 5.32 Å². The van der Waals surface area contributed by atoms with Gasteiger partial charge in [0.05, 0.1) is 0 Å². The maximum atomic E-state index is 8.92. The van der Waals surface area contributed by atoms with Crippen LogP contribution in [0, 0.1) is 0 Å². The van der Waals surface area contributed by atoms with Crippen molar-refractivity contribution in [2.45, 2.75) is 24.8 Å². The van der Waals surface area contributed by atoms with Gasteiger partial charge in [0, 0.05) is 29.8 Å². The van der Waals surface area contributed by atoms with Gasteiger partial charge in [-0.1, -0.05) is 28.1 Å². The molecule has 0 spiro atoms. The van der Waals surface area contributed by atoms with Crippen LogP contribution < -0.4 is 5.32 Å². The quantitative estimate of drug-likeness (QED) is 0.820. The second-order valence-electron chi connectivity index (χ2n) is 4.71. The summed E-state index contributed by atoms with van der Waals surface area (Å²) >= 11 is 3.54. The van der Waals surface area contributed by atoms with Crippen molar-refractivity contribution in [3.8, 4) is 0 Å². The van der Waals surface area contributed by atoms with Gasteiger partial charge in [-0.15, -0.1) is 0 Å². The summed E-state index contributed by atoms with van der Waals surface area (Å²) < 4.78 is 6.59. The van der Waals surface area contributed by atoms with Crippen LogP contribution in [0.25, 0.3) is 0 Å². The molecule has 0 atom stereocenters. The van der Waals surface area contributed by atoms with E-state index in [1.165, 1.54) is 5.56 Å². The van der Waals surface area contributed by atoms with Gasteiger partial charge in [0.25, 0.3) is 0 Å². The fraction of sp³-hybridized carbons (Fsp3) is 0.571. The summed E-state index contributed by atoms with van der Waals surface area (Å²) in [6.45, 7) is 2.65. The van der Waals surface area contributed by atoms with E-state index in [0.29, 0.717) is 0 Å². The summed E-state index contributed by atoms with van der Waals surface area (Å²) in [5, 5.41) is 12.5. The van der Waals surface area contributed by atoms with E-state index >= 15 is 0 Å². The van der Waals surface area contributed by atoms with Gasteiger partial charge in [-0.2, -0.15) is 0 Å². The van der Waals surface area contributed by atoms with Gasteiger partial charge < -0.3 is 15.2 Å². The smallest absolute Gasteiger partial charge is 0.0486 e. The van der Waals surface area contributed by atoms with Crippen LogP contribution in [0.3, 0.4) is 0 Å². The fourth-order valence-electron chi connectivity index (χ4n) is 2.48.